The second kappa shape index (κ2) is 2.80. The summed E-state index contributed by atoms with van der Waals surface area (Å²) in [5.74, 6) is 0. The van der Waals surface area contributed by atoms with E-state index < -0.39 is 11.0 Å². The Morgan fingerprint density at radius 2 is 2.33 bits per heavy atom. The molecule has 0 aromatic rings. The first-order valence-electron chi connectivity index (χ1n) is 3.40. The average molecular weight is 170 g/mol. The lowest BCUT2D eigenvalue weighted by Crippen LogP contribution is -2.24. The summed E-state index contributed by atoms with van der Waals surface area (Å²) in [5.41, 5.74) is 0.0581. The van der Waals surface area contributed by atoms with Crippen LogP contribution in [0.25, 0.3) is 0 Å². The third-order valence-electron chi connectivity index (χ3n) is 1.56. The van der Waals surface area contributed by atoms with Gasteiger partial charge in [-0.2, -0.15) is 0 Å². The predicted molar refractivity (Wildman–Crippen MR) is 41.3 cm³/mol. The zero-order valence-electron chi connectivity index (χ0n) is 6.72. The molecule has 1 aliphatic rings. The van der Waals surface area contributed by atoms with Crippen LogP contribution in [-0.4, -0.2) is 21.5 Å². The number of hydrazone groups is 1. The summed E-state index contributed by atoms with van der Waals surface area (Å²) >= 11 is 0. The van der Waals surface area contributed by atoms with Crippen molar-refractivity contribution in [1.82, 2.24) is 0 Å². The molecule has 1 unspecified atom stereocenters. The molecule has 0 aliphatic carbocycles. The van der Waals surface area contributed by atoms with Crippen molar-refractivity contribution >= 4 is 5.71 Å². The quantitative estimate of drug-likeness (QED) is 0.330. The van der Waals surface area contributed by atoms with Gasteiger partial charge in [0, 0.05) is 6.92 Å². The molecule has 0 saturated carbocycles. The van der Waals surface area contributed by atoms with E-state index in [1.165, 1.54) is 13.0 Å². The third-order valence-corrected chi connectivity index (χ3v) is 1.56. The van der Waals surface area contributed by atoms with Crippen molar-refractivity contribution in [2.45, 2.75) is 19.9 Å². The summed E-state index contributed by atoms with van der Waals surface area (Å²) in [5, 5.41) is 13.8. The Morgan fingerprint density at radius 3 is 2.83 bits per heavy atom. The lowest BCUT2D eigenvalue weighted by molar-refractivity contribution is -0.581. The van der Waals surface area contributed by atoms with Crippen LogP contribution in [0.2, 0.25) is 0 Å². The van der Waals surface area contributed by atoms with Gasteiger partial charge in [-0.15, -0.1) is 0 Å². The minimum Gasteiger partial charge on any atom is -0.258 e. The first kappa shape index (κ1) is 8.51. The second-order valence-electron chi connectivity index (χ2n) is 2.54. The number of nitrogens with zero attached hydrogens (tertiary/aromatic N) is 3. The topological polar surface area (TPSA) is 75.6 Å². The fraction of sp³-hybridized carbons (Fsp3) is 0.500. The normalized spacial score (nSPS) is 23.2. The lowest BCUT2D eigenvalue weighted by atomic mass is 10.2. The summed E-state index contributed by atoms with van der Waals surface area (Å²) in [6.45, 7) is 2.98. The Labute approximate surface area is 68.3 Å². The minimum absolute atomic E-state index is 0.0883. The van der Waals surface area contributed by atoms with Crippen LogP contribution in [0.4, 0.5) is 0 Å². The van der Waals surface area contributed by atoms with E-state index in [2.05, 4.69) is 5.10 Å². The van der Waals surface area contributed by atoms with Crippen molar-refractivity contribution in [2.75, 3.05) is 0 Å². The van der Waals surface area contributed by atoms with Crippen LogP contribution in [0.1, 0.15) is 13.8 Å². The highest BCUT2D eigenvalue weighted by molar-refractivity contribution is 5.95. The molecule has 6 nitrogen and oxygen atoms in total. The first-order valence-corrected chi connectivity index (χ1v) is 3.40. The molecule has 0 bridgehead atoms. The molecule has 0 N–H and O–H groups in total. The molecule has 0 aromatic carbocycles. The molecule has 0 radical (unpaired) electrons. The summed E-state index contributed by atoms with van der Waals surface area (Å²) in [6, 6.07) is -0.561. The van der Waals surface area contributed by atoms with E-state index in [0.29, 0.717) is 4.87 Å². The van der Waals surface area contributed by atoms with E-state index in [-0.39, 0.29) is 11.4 Å². The first-order chi connectivity index (χ1) is 5.52. The number of allylic oxidation sites excluding steroid dienone is 1. The molecule has 6 heteroatoms. The van der Waals surface area contributed by atoms with E-state index in [4.69, 9.17) is 0 Å². The predicted octanol–water partition coefficient (Wildman–Crippen LogP) is 0.704. The van der Waals surface area contributed by atoms with Gasteiger partial charge in [-0.05, 0) is 6.92 Å². The number of hydrogen-bond donors (Lipinski definition) is 0. The van der Waals surface area contributed by atoms with Crippen molar-refractivity contribution in [3.63, 3.8) is 0 Å². The Balaban J connectivity index is 3.04. The Hall–Kier alpha value is -1.59. The number of nitro groups is 1. The van der Waals surface area contributed by atoms with Gasteiger partial charge in [0.2, 0.25) is 0 Å². The van der Waals surface area contributed by atoms with E-state index in [1.54, 1.807) is 6.92 Å². The van der Waals surface area contributed by atoms with Gasteiger partial charge >= 0.3 is 0 Å². The molecule has 1 heterocycles. The van der Waals surface area contributed by atoms with Gasteiger partial charge in [0.25, 0.3) is 11.7 Å². The molecule has 0 spiro atoms. The standard InChI is InChI=1S/C6H8N3O3/c1-4-3-6(9(11)12)5(2)7-8(4)10/h3-4H,1-2H3/q+1. The molecular formula is C6H8N3O3+. The number of hydrogen-bond acceptors (Lipinski definition) is 3. The third kappa shape index (κ3) is 1.36. The number of rotatable bonds is 1. The molecule has 1 rings (SSSR count). The monoisotopic (exact) mass is 170 g/mol. The van der Waals surface area contributed by atoms with Crippen LogP contribution in [0, 0.1) is 15.0 Å². The highest BCUT2D eigenvalue weighted by Crippen LogP contribution is 2.10. The van der Waals surface area contributed by atoms with Gasteiger partial charge in [0.05, 0.1) is 21.0 Å². The van der Waals surface area contributed by atoms with E-state index in [1.807, 2.05) is 0 Å². The zero-order chi connectivity index (χ0) is 9.30. The lowest BCUT2D eigenvalue weighted by Gasteiger charge is -2.00. The maximum absolute atomic E-state index is 10.8. The Bertz CT molecular complexity index is 305. The molecule has 0 saturated heterocycles. The molecular weight excluding hydrogens is 162 g/mol. The van der Waals surface area contributed by atoms with Gasteiger partial charge in [-0.25, -0.2) is 0 Å². The molecule has 1 aliphatic heterocycles. The van der Waals surface area contributed by atoms with Gasteiger partial charge in [-0.1, -0.05) is 0 Å². The van der Waals surface area contributed by atoms with Gasteiger partial charge in [-0.3, -0.25) is 10.1 Å². The number of nitroso groups, excluding NO2 is 1. The van der Waals surface area contributed by atoms with E-state index in [0.717, 1.165) is 0 Å². The van der Waals surface area contributed by atoms with Crippen molar-refractivity contribution in [1.29, 1.82) is 0 Å². The highest BCUT2D eigenvalue weighted by Gasteiger charge is 2.31. The van der Waals surface area contributed by atoms with Crippen LogP contribution in [0.15, 0.2) is 16.9 Å². The average Bonchev–Trinajstić information content (AvgIpc) is 1.96. The maximum Gasteiger partial charge on any atom is 0.299 e. The molecule has 0 aromatic heterocycles. The SMILES string of the molecule is CC1=N[N+](=O)C(C)C=C1[N+](=O)[O-]. The molecule has 64 valence electrons. The van der Waals surface area contributed by atoms with Crippen molar-refractivity contribution in [3.05, 3.63) is 26.8 Å². The van der Waals surface area contributed by atoms with Crippen LogP contribution < -0.4 is 0 Å². The highest BCUT2D eigenvalue weighted by atomic mass is 16.6. The van der Waals surface area contributed by atoms with E-state index in [9.17, 15) is 15.0 Å². The van der Waals surface area contributed by atoms with Crippen LogP contribution >= 0.6 is 0 Å². The van der Waals surface area contributed by atoms with Gasteiger partial charge in [0.1, 0.15) is 0 Å². The van der Waals surface area contributed by atoms with Crippen molar-refractivity contribution < 1.29 is 9.79 Å². The van der Waals surface area contributed by atoms with Crippen molar-refractivity contribution in [2.24, 2.45) is 5.10 Å². The largest absolute Gasteiger partial charge is 0.299 e. The fourth-order valence-corrected chi connectivity index (χ4v) is 0.896. The Kier molecular flexibility index (Phi) is 1.99. The summed E-state index contributed by atoms with van der Waals surface area (Å²) in [7, 11) is 0. The zero-order valence-corrected chi connectivity index (χ0v) is 6.72. The minimum atomic E-state index is -0.561. The summed E-state index contributed by atoms with van der Waals surface area (Å²) in [6.07, 6.45) is 1.29. The summed E-state index contributed by atoms with van der Waals surface area (Å²) < 4.78 is 0. The maximum atomic E-state index is 10.8. The second-order valence-corrected chi connectivity index (χ2v) is 2.54. The molecule has 1 atom stereocenters. The van der Waals surface area contributed by atoms with Gasteiger partial charge < -0.3 is 0 Å². The molecule has 0 amide bonds. The van der Waals surface area contributed by atoms with Gasteiger partial charge in [0.15, 0.2) is 10.6 Å². The smallest absolute Gasteiger partial charge is 0.258 e. The van der Waals surface area contributed by atoms with Crippen LogP contribution in [-0.2, 0) is 0 Å². The van der Waals surface area contributed by atoms with Crippen molar-refractivity contribution in [3.8, 4) is 0 Å². The molecule has 12 heavy (non-hydrogen) atoms. The van der Waals surface area contributed by atoms with Crippen LogP contribution in [0.5, 0.6) is 0 Å². The van der Waals surface area contributed by atoms with Crippen LogP contribution in [0.3, 0.4) is 0 Å². The van der Waals surface area contributed by atoms with E-state index >= 15 is 0 Å². The Morgan fingerprint density at radius 1 is 1.75 bits per heavy atom. The fourth-order valence-electron chi connectivity index (χ4n) is 0.896. The molecule has 0 fully saturated rings. The summed E-state index contributed by atoms with van der Waals surface area (Å²) in [4.78, 5) is 21.1.